The van der Waals surface area contributed by atoms with Crippen LogP contribution in [0.2, 0.25) is 0 Å². The average Bonchev–Trinajstić information content (AvgIpc) is 4.03. The van der Waals surface area contributed by atoms with Crippen LogP contribution >= 0.6 is 14.7 Å². The SMILES string of the molecule is CCc1ccc(OCCOCCOc2ccc(CC)cc2Oc2ccc(CC)c3c2P3(=O)OCCO)c(Oc2ccc(CC)c3c2P3(=O)OCCO)c1. The summed E-state index contributed by atoms with van der Waals surface area (Å²) in [6, 6.07) is 19.0. The van der Waals surface area contributed by atoms with E-state index in [0.29, 0.717) is 81.8 Å². The molecule has 0 spiro atoms. The lowest BCUT2D eigenvalue weighted by molar-refractivity contribution is 0.0753. The van der Waals surface area contributed by atoms with Gasteiger partial charge in [-0.05, 0) is 84.3 Å². The Labute approximate surface area is 311 Å². The highest BCUT2D eigenvalue weighted by Gasteiger charge is 2.54. The molecule has 2 aliphatic heterocycles. The Balaban J connectivity index is 1.05. The number of hydrogen-bond donors (Lipinski definition) is 2. The molecule has 0 radical (unpaired) electrons. The third kappa shape index (κ3) is 8.23. The van der Waals surface area contributed by atoms with E-state index in [-0.39, 0.29) is 39.6 Å². The van der Waals surface area contributed by atoms with Crippen LogP contribution < -0.4 is 40.2 Å². The fourth-order valence-corrected chi connectivity index (χ4v) is 11.4. The molecule has 4 aromatic rings. The summed E-state index contributed by atoms with van der Waals surface area (Å²) in [5, 5.41) is 21.0. The summed E-state index contributed by atoms with van der Waals surface area (Å²) in [4.78, 5) is 0. The lowest BCUT2D eigenvalue weighted by Crippen LogP contribution is -2.13. The molecule has 2 unspecified atom stereocenters. The lowest BCUT2D eigenvalue weighted by atomic mass is 10.1. The Kier molecular flexibility index (Phi) is 12.7. The summed E-state index contributed by atoms with van der Waals surface area (Å²) in [5.41, 5.74) is 4.02. The minimum Gasteiger partial charge on any atom is -0.487 e. The number of aliphatic hydroxyl groups excluding tert-OH is 2. The number of rotatable bonds is 22. The van der Waals surface area contributed by atoms with Gasteiger partial charge in [0.15, 0.2) is 23.0 Å². The van der Waals surface area contributed by atoms with E-state index in [1.807, 2.05) is 74.5 Å². The van der Waals surface area contributed by atoms with Crippen molar-refractivity contribution in [3.63, 3.8) is 0 Å². The Hall–Kier alpha value is -3.66. The van der Waals surface area contributed by atoms with Gasteiger partial charge in [-0.2, -0.15) is 0 Å². The lowest BCUT2D eigenvalue weighted by Gasteiger charge is -2.15. The summed E-state index contributed by atoms with van der Waals surface area (Å²) in [6.45, 7) is 8.74. The summed E-state index contributed by atoms with van der Waals surface area (Å²) >= 11 is 0. The molecule has 284 valence electrons. The second-order valence-corrected chi connectivity index (χ2v) is 17.1. The molecule has 6 rings (SSSR count). The molecule has 2 N–H and O–H groups in total. The largest absolute Gasteiger partial charge is 0.487 e. The molecule has 0 fully saturated rings. The Morgan fingerprint density at radius 2 is 0.887 bits per heavy atom. The standard InChI is InChI=1S/C40H48O11P2/c1-5-27-9-13-31(35(25-27)50-33-15-11-29(7-3)37-39(33)52(37,43)48-19-17-41)46-23-21-45-22-24-47-32-14-10-28(6-2)26-36(32)51-34-16-12-30(8-4)38-40(34)53(38,44)49-20-18-42/h9-16,25-26,41-42H,5-8,17-24H2,1-4H3. The van der Waals surface area contributed by atoms with Crippen molar-refractivity contribution in [1.82, 2.24) is 0 Å². The highest BCUT2D eigenvalue weighted by Crippen LogP contribution is 2.61. The highest BCUT2D eigenvalue weighted by atomic mass is 31.2. The molecule has 0 saturated carbocycles. The summed E-state index contributed by atoms with van der Waals surface area (Å²) in [7, 11) is -6.36. The third-order valence-electron chi connectivity index (χ3n) is 9.21. The van der Waals surface area contributed by atoms with Crippen molar-refractivity contribution < 1.29 is 52.1 Å². The molecule has 11 nitrogen and oxygen atoms in total. The number of hydrogen-bond acceptors (Lipinski definition) is 11. The second-order valence-electron chi connectivity index (χ2n) is 12.5. The van der Waals surface area contributed by atoms with E-state index in [0.717, 1.165) is 35.1 Å². The minimum absolute atomic E-state index is 0.0127. The van der Waals surface area contributed by atoms with Gasteiger partial charge in [0.25, 0.3) is 14.7 Å². The van der Waals surface area contributed by atoms with E-state index < -0.39 is 14.7 Å². The predicted molar refractivity (Wildman–Crippen MR) is 205 cm³/mol. The van der Waals surface area contributed by atoms with Crippen molar-refractivity contribution in [3.05, 3.63) is 82.9 Å². The first-order valence-electron chi connectivity index (χ1n) is 18.3. The van der Waals surface area contributed by atoms with Crippen molar-refractivity contribution in [2.24, 2.45) is 0 Å². The number of aryl methyl sites for hydroxylation is 4. The molecule has 0 aliphatic carbocycles. The average molecular weight is 767 g/mol. The molecule has 0 saturated heterocycles. The first-order chi connectivity index (χ1) is 25.8. The van der Waals surface area contributed by atoms with Gasteiger partial charge in [0.05, 0.1) is 60.9 Å². The zero-order chi connectivity index (χ0) is 37.6. The first kappa shape index (κ1) is 39.0. The Morgan fingerprint density at radius 3 is 1.26 bits per heavy atom. The Bertz CT molecular complexity index is 1890. The fourth-order valence-electron chi connectivity index (χ4n) is 6.34. The fraction of sp³-hybridized carbons (Fsp3) is 0.400. The van der Waals surface area contributed by atoms with E-state index in [2.05, 4.69) is 13.8 Å². The molecule has 4 aromatic carbocycles. The van der Waals surface area contributed by atoms with Gasteiger partial charge in [0.2, 0.25) is 0 Å². The smallest absolute Gasteiger partial charge is 0.267 e. The molecular formula is C40H48O11P2. The maximum atomic E-state index is 13.6. The molecule has 53 heavy (non-hydrogen) atoms. The highest BCUT2D eigenvalue weighted by molar-refractivity contribution is 7.86. The van der Waals surface area contributed by atoms with Crippen LogP contribution in [0.4, 0.5) is 0 Å². The number of benzene rings is 4. The van der Waals surface area contributed by atoms with E-state index in [1.165, 1.54) is 0 Å². The van der Waals surface area contributed by atoms with E-state index in [1.54, 1.807) is 0 Å². The van der Waals surface area contributed by atoms with Gasteiger partial charge in [0.1, 0.15) is 24.7 Å². The van der Waals surface area contributed by atoms with Crippen LogP contribution in [0.25, 0.3) is 0 Å². The molecule has 2 atom stereocenters. The molecule has 0 amide bonds. The first-order valence-corrected chi connectivity index (χ1v) is 21.5. The Morgan fingerprint density at radius 1 is 0.472 bits per heavy atom. The van der Waals surface area contributed by atoms with Gasteiger partial charge in [0, 0.05) is 0 Å². The third-order valence-corrected chi connectivity index (χ3v) is 14.1. The van der Waals surface area contributed by atoms with Crippen LogP contribution in [-0.4, -0.2) is 63.1 Å². The number of ether oxygens (including phenoxy) is 5. The van der Waals surface area contributed by atoms with Gasteiger partial charge in [-0.1, -0.05) is 52.0 Å². The van der Waals surface area contributed by atoms with Crippen LogP contribution in [0.3, 0.4) is 0 Å². The van der Waals surface area contributed by atoms with E-state index in [9.17, 15) is 19.3 Å². The minimum atomic E-state index is -3.18. The van der Waals surface area contributed by atoms with Gasteiger partial charge in [-0.3, -0.25) is 9.13 Å². The van der Waals surface area contributed by atoms with Crippen molar-refractivity contribution in [2.45, 2.75) is 53.4 Å². The van der Waals surface area contributed by atoms with E-state index >= 15 is 0 Å². The molecule has 2 aliphatic rings. The summed E-state index contributed by atoms with van der Waals surface area (Å²) < 4.78 is 69.1. The second kappa shape index (κ2) is 17.2. The van der Waals surface area contributed by atoms with Crippen LogP contribution in [0, 0.1) is 0 Å². The number of aliphatic hydroxyl groups is 2. The van der Waals surface area contributed by atoms with Crippen molar-refractivity contribution in [1.29, 1.82) is 0 Å². The summed E-state index contributed by atoms with van der Waals surface area (Å²) in [5.74, 6) is 2.97. The van der Waals surface area contributed by atoms with Crippen molar-refractivity contribution >= 4 is 36.0 Å². The van der Waals surface area contributed by atoms with Crippen LogP contribution in [-0.2, 0) is 48.6 Å². The monoisotopic (exact) mass is 766 g/mol. The molecule has 2 heterocycles. The summed E-state index contributed by atoms with van der Waals surface area (Å²) in [6.07, 6.45) is 3.01. The van der Waals surface area contributed by atoms with Crippen LogP contribution in [0.15, 0.2) is 60.7 Å². The molecule has 0 bridgehead atoms. The van der Waals surface area contributed by atoms with Crippen LogP contribution in [0.5, 0.6) is 34.5 Å². The van der Waals surface area contributed by atoms with Crippen molar-refractivity contribution in [2.75, 3.05) is 52.9 Å². The molecule has 13 heteroatoms. The quantitative estimate of drug-likeness (QED) is 0.0709. The maximum absolute atomic E-state index is 13.6. The maximum Gasteiger partial charge on any atom is 0.267 e. The van der Waals surface area contributed by atoms with E-state index in [4.69, 9.17) is 32.7 Å². The van der Waals surface area contributed by atoms with Gasteiger partial charge in [-0.15, -0.1) is 0 Å². The van der Waals surface area contributed by atoms with Gasteiger partial charge in [-0.25, -0.2) is 0 Å². The van der Waals surface area contributed by atoms with Gasteiger partial charge < -0.3 is 42.9 Å². The van der Waals surface area contributed by atoms with Crippen molar-refractivity contribution in [3.8, 4) is 34.5 Å². The molecular weight excluding hydrogens is 718 g/mol. The topological polar surface area (TPSA) is 139 Å². The van der Waals surface area contributed by atoms with Crippen LogP contribution in [0.1, 0.15) is 49.9 Å². The molecule has 0 aromatic heterocycles. The normalized spacial score (nSPS) is 17.9. The predicted octanol–water partition coefficient (Wildman–Crippen LogP) is 6.10. The van der Waals surface area contributed by atoms with Gasteiger partial charge >= 0.3 is 0 Å². The number of fused-ring (bicyclic) bond motifs is 2. The zero-order valence-corrected chi connectivity index (χ0v) is 32.5. The zero-order valence-electron chi connectivity index (χ0n) is 30.7.